The van der Waals surface area contributed by atoms with Crippen molar-refractivity contribution in [1.82, 2.24) is 0 Å². The predicted octanol–water partition coefficient (Wildman–Crippen LogP) is 5.23. The molecule has 0 aliphatic heterocycles. The lowest BCUT2D eigenvalue weighted by molar-refractivity contribution is 0.626. The van der Waals surface area contributed by atoms with Crippen molar-refractivity contribution in [3.8, 4) is 0 Å². The first-order chi connectivity index (χ1) is 9.38. The van der Waals surface area contributed by atoms with Crippen LogP contribution in [0.1, 0.15) is 40.8 Å². The van der Waals surface area contributed by atoms with Crippen molar-refractivity contribution in [3.05, 3.63) is 64.0 Å². The molecular weight excluding hydrogens is 249 g/mol. The van der Waals surface area contributed by atoms with E-state index in [1.54, 1.807) is 12.1 Å². The molecule has 0 saturated heterocycles. The Hall–Kier alpha value is -1.83. The molecule has 1 atom stereocenters. The highest BCUT2D eigenvalue weighted by Gasteiger charge is 2.12. The molecule has 2 rings (SSSR count). The molecule has 0 amide bonds. The largest absolute Gasteiger partial charge is 0.376 e. The number of hydrogen-bond acceptors (Lipinski definition) is 1. The minimum Gasteiger partial charge on any atom is -0.376 e. The second kappa shape index (κ2) is 5.66. The lowest BCUT2D eigenvalue weighted by Crippen LogP contribution is -2.10. The van der Waals surface area contributed by atoms with E-state index in [4.69, 9.17) is 0 Å². The summed E-state index contributed by atoms with van der Waals surface area (Å²) in [6.07, 6.45) is 0. The zero-order valence-electron chi connectivity index (χ0n) is 12.8. The summed E-state index contributed by atoms with van der Waals surface area (Å²) in [4.78, 5) is 0. The molecule has 20 heavy (non-hydrogen) atoms. The van der Waals surface area contributed by atoms with Crippen LogP contribution in [0, 0.1) is 33.5 Å². The topological polar surface area (TPSA) is 12.0 Å². The van der Waals surface area contributed by atoms with Gasteiger partial charge in [-0.05, 0) is 74.6 Å². The van der Waals surface area contributed by atoms with Gasteiger partial charge in [0.05, 0.1) is 5.69 Å². The molecule has 0 heterocycles. The quantitative estimate of drug-likeness (QED) is 0.805. The fourth-order valence-corrected chi connectivity index (χ4v) is 2.50. The van der Waals surface area contributed by atoms with Gasteiger partial charge >= 0.3 is 0 Å². The molecule has 1 unspecified atom stereocenters. The summed E-state index contributed by atoms with van der Waals surface area (Å²) in [7, 11) is 0. The van der Waals surface area contributed by atoms with Crippen LogP contribution in [0.4, 0.5) is 10.1 Å². The Morgan fingerprint density at radius 3 is 2.20 bits per heavy atom. The van der Waals surface area contributed by atoms with Crippen molar-refractivity contribution < 1.29 is 4.39 Å². The van der Waals surface area contributed by atoms with E-state index in [1.165, 1.54) is 22.3 Å². The Bertz CT molecular complexity index is 632. The standard InChI is InChI=1S/C18H22FN/c1-11-6-7-18(17(19)8-11)20-15(5)16-10-13(3)12(2)9-14(16)4/h6-10,15,20H,1-5H3. The monoisotopic (exact) mass is 271 g/mol. The molecule has 0 saturated carbocycles. The number of halogens is 1. The highest BCUT2D eigenvalue weighted by molar-refractivity contribution is 5.49. The molecular formula is C18H22FN. The predicted molar refractivity (Wildman–Crippen MR) is 83.8 cm³/mol. The maximum atomic E-state index is 13.9. The summed E-state index contributed by atoms with van der Waals surface area (Å²) < 4.78 is 13.9. The lowest BCUT2D eigenvalue weighted by Gasteiger charge is -2.20. The molecule has 0 fully saturated rings. The van der Waals surface area contributed by atoms with Crippen molar-refractivity contribution in [1.29, 1.82) is 0 Å². The van der Waals surface area contributed by atoms with Crippen molar-refractivity contribution in [3.63, 3.8) is 0 Å². The van der Waals surface area contributed by atoms with E-state index in [2.05, 4.69) is 45.1 Å². The summed E-state index contributed by atoms with van der Waals surface area (Å²) >= 11 is 0. The average molecular weight is 271 g/mol. The average Bonchev–Trinajstić information content (AvgIpc) is 2.37. The number of benzene rings is 2. The Balaban J connectivity index is 2.28. The number of anilines is 1. The Morgan fingerprint density at radius 2 is 1.55 bits per heavy atom. The van der Waals surface area contributed by atoms with Crippen LogP contribution in [-0.4, -0.2) is 0 Å². The van der Waals surface area contributed by atoms with Gasteiger partial charge in [0.2, 0.25) is 0 Å². The highest BCUT2D eigenvalue weighted by Crippen LogP contribution is 2.26. The van der Waals surface area contributed by atoms with E-state index >= 15 is 0 Å². The maximum absolute atomic E-state index is 13.9. The van der Waals surface area contributed by atoms with Gasteiger partial charge in [-0.15, -0.1) is 0 Å². The zero-order valence-corrected chi connectivity index (χ0v) is 12.8. The molecule has 2 aromatic carbocycles. The van der Waals surface area contributed by atoms with Gasteiger partial charge in [-0.1, -0.05) is 18.2 Å². The summed E-state index contributed by atoms with van der Waals surface area (Å²) in [6.45, 7) is 10.3. The maximum Gasteiger partial charge on any atom is 0.146 e. The van der Waals surface area contributed by atoms with Gasteiger partial charge in [-0.25, -0.2) is 4.39 Å². The normalized spacial score (nSPS) is 12.3. The van der Waals surface area contributed by atoms with Gasteiger partial charge in [-0.2, -0.15) is 0 Å². The first-order valence-electron chi connectivity index (χ1n) is 6.99. The van der Waals surface area contributed by atoms with E-state index in [0.717, 1.165) is 5.56 Å². The number of rotatable bonds is 3. The SMILES string of the molecule is Cc1ccc(NC(C)c2cc(C)c(C)cc2C)c(F)c1. The summed E-state index contributed by atoms with van der Waals surface area (Å²) in [5.41, 5.74) is 6.50. The molecule has 2 aromatic rings. The molecule has 0 radical (unpaired) electrons. The molecule has 0 aliphatic rings. The third-order valence-electron chi connectivity index (χ3n) is 3.85. The summed E-state index contributed by atoms with van der Waals surface area (Å²) in [6, 6.07) is 9.74. The summed E-state index contributed by atoms with van der Waals surface area (Å²) in [5.74, 6) is -0.196. The second-order valence-corrected chi connectivity index (χ2v) is 5.64. The molecule has 1 N–H and O–H groups in total. The van der Waals surface area contributed by atoms with Crippen LogP contribution in [0.3, 0.4) is 0 Å². The Kier molecular flexibility index (Phi) is 4.12. The van der Waals surface area contributed by atoms with Crippen LogP contribution < -0.4 is 5.32 Å². The molecule has 2 heteroatoms. The molecule has 0 spiro atoms. The van der Waals surface area contributed by atoms with Gasteiger partial charge in [0.15, 0.2) is 0 Å². The smallest absolute Gasteiger partial charge is 0.146 e. The second-order valence-electron chi connectivity index (χ2n) is 5.64. The molecule has 1 nitrogen and oxygen atoms in total. The number of nitrogens with one attached hydrogen (secondary N) is 1. The van der Waals surface area contributed by atoms with Gasteiger partial charge < -0.3 is 5.32 Å². The van der Waals surface area contributed by atoms with E-state index in [-0.39, 0.29) is 11.9 Å². The van der Waals surface area contributed by atoms with Crippen molar-refractivity contribution in [2.45, 2.75) is 40.7 Å². The van der Waals surface area contributed by atoms with Crippen LogP contribution in [0.15, 0.2) is 30.3 Å². The van der Waals surface area contributed by atoms with Crippen LogP contribution >= 0.6 is 0 Å². The van der Waals surface area contributed by atoms with Crippen LogP contribution in [0.5, 0.6) is 0 Å². The van der Waals surface area contributed by atoms with E-state index in [9.17, 15) is 4.39 Å². The Morgan fingerprint density at radius 1 is 0.900 bits per heavy atom. The van der Waals surface area contributed by atoms with E-state index in [0.29, 0.717) is 5.69 Å². The minimum absolute atomic E-state index is 0.0755. The van der Waals surface area contributed by atoms with E-state index in [1.807, 2.05) is 13.0 Å². The van der Waals surface area contributed by atoms with Crippen molar-refractivity contribution in [2.24, 2.45) is 0 Å². The lowest BCUT2D eigenvalue weighted by atomic mass is 9.96. The van der Waals surface area contributed by atoms with Crippen LogP contribution in [-0.2, 0) is 0 Å². The third kappa shape index (κ3) is 3.01. The zero-order chi connectivity index (χ0) is 14.9. The van der Waals surface area contributed by atoms with Gasteiger partial charge in [0.25, 0.3) is 0 Å². The molecule has 0 bridgehead atoms. The van der Waals surface area contributed by atoms with Gasteiger partial charge in [0, 0.05) is 6.04 Å². The first kappa shape index (κ1) is 14.6. The summed E-state index contributed by atoms with van der Waals surface area (Å²) in [5, 5.41) is 3.27. The fourth-order valence-electron chi connectivity index (χ4n) is 2.50. The highest BCUT2D eigenvalue weighted by atomic mass is 19.1. The number of hydrogen-bond donors (Lipinski definition) is 1. The minimum atomic E-state index is -0.196. The fraction of sp³-hybridized carbons (Fsp3) is 0.333. The van der Waals surface area contributed by atoms with Crippen molar-refractivity contribution >= 4 is 5.69 Å². The molecule has 0 aliphatic carbocycles. The van der Waals surface area contributed by atoms with Crippen molar-refractivity contribution in [2.75, 3.05) is 5.32 Å². The Labute approximate surface area is 120 Å². The van der Waals surface area contributed by atoms with E-state index < -0.39 is 0 Å². The number of aryl methyl sites for hydroxylation is 4. The van der Waals surface area contributed by atoms with Gasteiger partial charge in [-0.3, -0.25) is 0 Å². The van der Waals surface area contributed by atoms with Crippen LogP contribution in [0.2, 0.25) is 0 Å². The molecule has 0 aromatic heterocycles. The van der Waals surface area contributed by atoms with Crippen LogP contribution in [0.25, 0.3) is 0 Å². The molecule has 106 valence electrons. The van der Waals surface area contributed by atoms with Gasteiger partial charge in [0.1, 0.15) is 5.82 Å². The first-order valence-corrected chi connectivity index (χ1v) is 6.99. The third-order valence-corrected chi connectivity index (χ3v) is 3.85.